The first-order chi connectivity index (χ1) is 14.3. The van der Waals surface area contributed by atoms with Crippen molar-refractivity contribution in [1.29, 1.82) is 0 Å². The lowest BCUT2D eigenvalue weighted by Gasteiger charge is -2.12. The lowest BCUT2D eigenvalue weighted by atomic mass is 10.2. The van der Waals surface area contributed by atoms with Crippen molar-refractivity contribution < 1.29 is 9.26 Å². The summed E-state index contributed by atoms with van der Waals surface area (Å²) in [5, 5.41) is 15.7. The quantitative estimate of drug-likeness (QED) is 0.347. The lowest BCUT2D eigenvalue weighted by Crippen LogP contribution is -2.02. The predicted molar refractivity (Wildman–Crippen MR) is 114 cm³/mol. The molecule has 0 bridgehead atoms. The Morgan fingerprint density at radius 1 is 1.17 bits per heavy atom. The first kappa shape index (κ1) is 19.7. The second-order valence-electron chi connectivity index (χ2n) is 6.29. The van der Waals surface area contributed by atoms with Gasteiger partial charge in [-0.05, 0) is 30.0 Å². The number of aryl methyl sites for hydroxylation is 1. The largest absolute Gasteiger partial charge is 0.495 e. The Labute approximate surface area is 177 Å². The average molecular weight is 428 g/mol. The Morgan fingerprint density at radius 2 is 2.07 bits per heavy atom. The second-order valence-corrected chi connectivity index (χ2v) is 8.18. The maximum Gasteiger partial charge on any atom is 0.237 e. The molecule has 0 aliphatic heterocycles. The number of aromatic nitrogens is 5. The number of hydrogen-bond donors (Lipinski definition) is 0. The molecule has 1 aromatic carbocycles. The van der Waals surface area contributed by atoms with E-state index < -0.39 is 0 Å². The highest BCUT2D eigenvalue weighted by atomic mass is 32.2. The van der Waals surface area contributed by atoms with Crippen molar-refractivity contribution in [1.82, 2.24) is 24.9 Å². The van der Waals surface area contributed by atoms with Crippen LogP contribution in [0.3, 0.4) is 0 Å². The summed E-state index contributed by atoms with van der Waals surface area (Å²) in [4.78, 5) is 5.51. The molecule has 0 atom stereocenters. The summed E-state index contributed by atoms with van der Waals surface area (Å²) in [6, 6.07) is 11.9. The van der Waals surface area contributed by atoms with Crippen LogP contribution in [0.1, 0.15) is 31.5 Å². The number of methoxy groups -OCH3 is 1. The van der Waals surface area contributed by atoms with E-state index in [0.717, 1.165) is 52.4 Å². The van der Waals surface area contributed by atoms with Crippen molar-refractivity contribution >= 4 is 23.1 Å². The van der Waals surface area contributed by atoms with Gasteiger partial charge in [0.1, 0.15) is 5.75 Å². The van der Waals surface area contributed by atoms with Gasteiger partial charge in [0, 0.05) is 6.42 Å². The smallest absolute Gasteiger partial charge is 0.237 e. The van der Waals surface area contributed by atoms with Crippen LogP contribution in [0.4, 0.5) is 0 Å². The van der Waals surface area contributed by atoms with Crippen molar-refractivity contribution in [3.05, 3.63) is 53.5 Å². The third-order valence-corrected chi connectivity index (χ3v) is 6.07. The molecular formula is C20H21N5O2S2. The van der Waals surface area contributed by atoms with Gasteiger partial charge in [0.2, 0.25) is 5.89 Å². The van der Waals surface area contributed by atoms with Crippen LogP contribution in [0.15, 0.2) is 51.5 Å². The van der Waals surface area contributed by atoms with Crippen LogP contribution in [0, 0.1) is 0 Å². The first-order valence-electron chi connectivity index (χ1n) is 9.37. The van der Waals surface area contributed by atoms with Crippen LogP contribution in [-0.4, -0.2) is 32.0 Å². The molecule has 3 aromatic heterocycles. The molecule has 0 N–H and O–H groups in total. The predicted octanol–water partition coefficient (Wildman–Crippen LogP) is 5.02. The molecule has 3 heterocycles. The Balaban J connectivity index is 1.64. The van der Waals surface area contributed by atoms with E-state index in [2.05, 4.69) is 27.3 Å². The average Bonchev–Trinajstić information content (AvgIpc) is 3.51. The molecule has 9 heteroatoms. The molecule has 150 valence electrons. The molecule has 0 saturated carbocycles. The van der Waals surface area contributed by atoms with E-state index >= 15 is 0 Å². The van der Waals surface area contributed by atoms with Crippen LogP contribution in [0.5, 0.6) is 5.75 Å². The van der Waals surface area contributed by atoms with Crippen LogP contribution >= 0.6 is 23.1 Å². The van der Waals surface area contributed by atoms with Crippen molar-refractivity contribution in [3.8, 4) is 22.1 Å². The normalized spacial score (nSPS) is 11.1. The van der Waals surface area contributed by atoms with Crippen molar-refractivity contribution in [2.45, 2.75) is 37.1 Å². The summed E-state index contributed by atoms with van der Waals surface area (Å²) < 4.78 is 13.0. The van der Waals surface area contributed by atoms with Gasteiger partial charge in [-0.25, -0.2) is 0 Å². The van der Waals surface area contributed by atoms with Gasteiger partial charge in [-0.15, -0.1) is 21.5 Å². The number of para-hydroxylation sites is 2. The summed E-state index contributed by atoms with van der Waals surface area (Å²) in [7, 11) is 1.66. The summed E-state index contributed by atoms with van der Waals surface area (Å²) in [5.74, 6) is 3.41. The second kappa shape index (κ2) is 9.23. The number of unbranched alkanes of at least 4 members (excludes halogenated alkanes) is 1. The van der Waals surface area contributed by atoms with Crippen LogP contribution in [-0.2, 0) is 12.2 Å². The summed E-state index contributed by atoms with van der Waals surface area (Å²) in [6.07, 6.45) is 3.00. The SMILES string of the molecule is CCCCc1noc(CSc2nnc(-c3cccs3)n2-c2ccccc2OC)n1. The Morgan fingerprint density at radius 3 is 2.86 bits per heavy atom. The molecule has 4 aromatic rings. The monoisotopic (exact) mass is 427 g/mol. The third kappa shape index (κ3) is 4.35. The fraction of sp³-hybridized carbons (Fsp3) is 0.300. The standard InChI is InChI=1S/C20H21N5O2S2/c1-3-4-11-17-21-18(27-24-17)13-29-20-23-22-19(16-10-7-12-28-16)25(20)14-8-5-6-9-15(14)26-2/h5-10,12H,3-4,11,13H2,1-2H3. The molecule has 0 spiro atoms. The Hall–Kier alpha value is -2.65. The van der Waals surface area contributed by atoms with Gasteiger partial charge in [-0.2, -0.15) is 4.98 Å². The Kier molecular flexibility index (Phi) is 6.26. The summed E-state index contributed by atoms with van der Waals surface area (Å²) >= 11 is 3.13. The highest BCUT2D eigenvalue weighted by molar-refractivity contribution is 7.98. The minimum Gasteiger partial charge on any atom is -0.495 e. The highest BCUT2D eigenvalue weighted by Crippen LogP contribution is 2.34. The molecular weight excluding hydrogens is 406 g/mol. The van der Waals surface area contributed by atoms with E-state index in [0.29, 0.717) is 11.6 Å². The van der Waals surface area contributed by atoms with E-state index in [4.69, 9.17) is 9.26 Å². The minimum atomic E-state index is 0.525. The molecule has 29 heavy (non-hydrogen) atoms. The fourth-order valence-corrected chi connectivity index (χ4v) is 4.35. The van der Waals surface area contributed by atoms with Crippen molar-refractivity contribution in [2.75, 3.05) is 7.11 Å². The molecule has 7 nitrogen and oxygen atoms in total. The third-order valence-electron chi connectivity index (χ3n) is 4.29. The van der Waals surface area contributed by atoms with E-state index in [1.807, 2.05) is 46.3 Å². The topological polar surface area (TPSA) is 78.9 Å². The van der Waals surface area contributed by atoms with Gasteiger partial charge in [-0.1, -0.05) is 48.5 Å². The van der Waals surface area contributed by atoms with Crippen molar-refractivity contribution in [2.24, 2.45) is 0 Å². The summed E-state index contributed by atoms with van der Waals surface area (Å²) in [5.41, 5.74) is 0.889. The number of thioether (sulfide) groups is 1. The van der Waals surface area contributed by atoms with Crippen LogP contribution in [0.25, 0.3) is 16.4 Å². The molecule has 0 fully saturated rings. The maximum atomic E-state index is 5.58. The van der Waals surface area contributed by atoms with Crippen LogP contribution in [0.2, 0.25) is 0 Å². The van der Waals surface area contributed by atoms with Gasteiger partial charge >= 0.3 is 0 Å². The molecule has 0 aliphatic rings. The van der Waals surface area contributed by atoms with Gasteiger partial charge < -0.3 is 9.26 Å². The van der Waals surface area contributed by atoms with E-state index in [1.54, 1.807) is 18.4 Å². The van der Waals surface area contributed by atoms with Crippen LogP contribution < -0.4 is 4.74 Å². The number of thiophene rings is 1. The zero-order valence-electron chi connectivity index (χ0n) is 16.2. The fourth-order valence-electron chi connectivity index (χ4n) is 2.87. The van der Waals surface area contributed by atoms with E-state index in [9.17, 15) is 0 Å². The maximum absolute atomic E-state index is 5.58. The Bertz CT molecular complexity index is 1060. The van der Waals surface area contributed by atoms with E-state index in [1.165, 1.54) is 11.8 Å². The molecule has 0 aliphatic carbocycles. The number of ether oxygens (including phenoxy) is 1. The number of nitrogens with zero attached hydrogens (tertiary/aromatic N) is 5. The lowest BCUT2D eigenvalue weighted by molar-refractivity contribution is 0.384. The van der Waals surface area contributed by atoms with E-state index in [-0.39, 0.29) is 0 Å². The first-order valence-corrected chi connectivity index (χ1v) is 11.2. The van der Waals surface area contributed by atoms with Gasteiger partial charge in [0.05, 0.1) is 23.4 Å². The van der Waals surface area contributed by atoms with Gasteiger partial charge in [0.25, 0.3) is 0 Å². The van der Waals surface area contributed by atoms with Crippen molar-refractivity contribution in [3.63, 3.8) is 0 Å². The molecule has 0 saturated heterocycles. The minimum absolute atomic E-state index is 0.525. The molecule has 4 rings (SSSR count). The number of hydrogen-bond acceptors (Lipinski definition) is 8. The van der Waals surface area contributed by atoms with Gasteiger partial charge in [0.15, 0.2) is 16.8 Å². The molecule has 0 unspecified atom stereocenters. The molecule has 0 radical (unpaired) electrons. The zero-order valence-corrected chi connectivity index (χ0v) is 17.9. The zero-order chi connectivity index (χ0) is 20.1. The number of rotatable bonds is 9. The van der Waals surface area contributed by atoms with Gasteiger partial charge in [-0.3, -0.25) is 4.57 Å². The molecule has 0 amide bonds. The summed E-state index contributed by atoms with van der Waals surface area (Å²) in [6.45, 7) is 2.15. The number of benzene rings is 1. The highest BCUT2D eigenvalue weighted by Gasteiger charge is 2.20.